The number of aliphatic imine (C=N–C) groups is 1. The first-order chi connectivity index (χ1) is 10.7. The lowest BCUT2D eigenvalue weighted by Gasteiger charge is -2.21. The molecular weight excluding hydrogens is 363 g/mol. The number of fused-ring (bicyclic) bond motifs is 1. The number of aromatic nitrogens is 1. The van der Waals surface area contributed by atoms with E-state index in [-0.39, 0.29) is 24.8 Å². The molecule has 1 aliphatic heterocycles. The van der Waals surface area contributed by atoms with E-state index >= 15 is 0 Å². The van der Waals surface area contributed by atoms with Gasteiger partial charge in [-0.2, -0.15) is 0 Å². The number of hydrogen-bond donors (Lipinski definition) is 2. The minimum atomic E-state index is 0. The van der Waals surface area contributed by atoms with Crippen LogP contribution in [0.25, 0.3) is 16.5 Å². The molecule has 2 aromatic rings. The Morgan fingerprint density at radius 2 is 2.17 bits per heavy atom. The van der Waals surface area contributed by atoms with Gasteiger partial charge in [0.25, 0.3) is 0 Å². The van der Waals surface area contributed by atoms with E-state index in [0.717, 1.165) is 36.5 Å². The Kier molecular flexibility index (Phi) is 8.16. The molecule has 0 fully saturated rings. The van der Waals surface area contributed by atoms with Gasteiger partial charge in [-0.1, -0.05) is 24.8 Å². The molecule has 132 valence electrons. The fourth-order valence-corrected chi connectivity index (χ4v) is 3.23. The number of likely N-dealkylation sites (N-methyl/N-ethyl adjacent to an activating group) is 1. The van der Waals surface area contributed by atoms with E-state index in [9.17, 15) is 0 Å². The molecule has 4 nitrogen and oxygen atoms in total. The van der Waals surface area contributed by atoms with Gasteiger partial charge in [-0.15, -0.1) is 24.8 Å². The van der Waals surface area contributed by atoms with E-state index in [1.165, 1.54) is 16.5 Å². The number of amidine groups is 1. The molecule has 1 aliphatic rings. The SMILES string of the molecule is CCSC(N)=Nc1ccc2[nH]cc(C3=CCN(C)CC3)c2c1.Cl.Cl. The maximum Gasteiger partial charge on any atom is 0.159 e. The van der Waals surface area contributed by atoms with Crippen molar-refractivity contribution in [2.45, 2.75) is 13.3 Å². The van der Waals surface area contributed by atoms with Gasteiger partial charge in [0.2, 0.25) is 0 Å². The topological polar surface area (TPSA) is 57.4 Å². The smallest absolute Gasteiger partial charge is 0.159 e. The summed E-state index contributed by atoms with van der Waals surface area (Å²) < 4.78 is 0. The van der Waals surface area contributed by atoms with Gasteiger partial charge >= 0.3 is 0 Å². The third-order valence-corrected chi connectivity index (χ3v) is 4.63. The van der Waals surface area contributed by atoms with Crippen molar-refractivity contribution in [3.05, 3.63) is 36.0 Å². The molecule has 7 heteroatoms. The lowest BCUT2D eigenvalue weighted by Crippen LogP contribution is -2.23. The number of nitrogens with two attached hydrogens (primary N) is 1. The first-order valence-electron chi connectivity index (χ1n) is 7.63. The number of nitrogens with one attached hydrogen (secondary N) is 1. The Labute approximate surface area is 159 Å². The molecule has 0 aliphatic carbocycles. The summed E-state index contributed by atoms with van der Waals surface area (Å²) >= 11 is 1.57. The molecule has 1 aromatic carbocycles. The van der Waals surface area contributed by atoms with Gasteiger partial charge in [0.1, 0.15) is 0 Å². The van der Waals surface area contributed by atoms with Crippen LogP contribution >= 0.6 is 36.6 Å². The van der Waals surface area contributed by atoms with E-state index in [0.29, 0.717) is 5.17 Å². The molecule has 3 N–H and O–H groups in total. The van der Waals surface area contributed by atoms with Crippen LogP contribution in [0.4, 0.5) is 5.69 Å². The zero-order valence-electron chi connectivity index (χ0n) is 13.9. The summed E-state index contributed by atoms with van der Waals surface area (Å²) in [6.45, 7) is 4.20. The van der Waals surface area contributed by atoms with Crippen LogP contribution in [0.15, 0.2) is 35.5 Å². The van der Waals surface area contributed by atoms with Crippen LogP contribution in [-0.4, -0.2) is 40.9 Å². The summed E-state index contributed by atoms with van der Waals surface area (Å²) in [5, 5.41) is 1.85. The van der Waals surface area contributed by atoms with Crippen molar-refractivity contribution in [1.82, 2.24) is 9.88 Å². The summed E-state index contributed by atoms with van der Waals surface area (Å²) in [7, 11) is 2.16. The normalized spacial score (nSPS) is 15.6. The highest BCUT2D eigenvalue weighted by molar-refractivity contribution is 8.13. The van der Waals surface area contributed by atoms with Crippen LogP contribution in [-0.2, 0) is 0 Å². The Morgan fingerprint density at radius 3 is 2.83 bits per heavy atom. The van der Waals surface area contributed by atoms with Crippen LogP contribution in [0.5, 0.6) is 0 Å². The quantitative estimate of drug-likeness (QED) is 0.605. The number of halogens is 2. The summed E-state index contributed by atoms with van der Waals surface area (Å²) in [5.41, 5.74) is 10.7. The minimum absolute atomic E-state index is 0. The molecule has 0 saturated carbocycles. The van der Waals surface area contributed by atoms with Crippen molar-refractivity contribution in [1.29, 1.82) is 0 Å². The maximum absolute atomic E-state index is 5.92. The molecule has 0 bridgehead atoms. The lowest BCUT2D eigenvalue weighted by molar-refractivity contribution is 0.370. The maximum atomic E-state index is 5.92. The van der Waals surface area contributed by atoms with Gasteiger partial charge < -0.3 is 15.6 Å². The monoisotopic (exact) mass is 386 g/mol. The Balaban J connectivity index is 0.00000144. The van der Waals surface area contributed by atoms with Gasteiger partial charge in [-0.25, -0.2) is 4.99 Å². The van der Waals surface area contributed by atoms with E-state index < -0.39 is 0 Å². The molecule has 24 heavy (non-hydrogen) atoms. The van der Waals surface area contributed by atoms with Gasteiger partial charge in [0.15, 0.2) is 5.17 Å². The van der Waals surface area contributed by atoms with Crippen LogP contribution in [0, 0.1) is 0 Å². The standard InChI is InChI=1S/C17H22N4S.2ClH/c1-3-22-17(18)20-13-4-5-16-14(10-13)15(11-19-16)12-6-8-21(2)9-7-12;;/h4-6,10-11,19H,3,7-9H2,1-2H3,(H2,18,20);2*1H. The summed E-state index contributed by atoms with van der Waals surface area (Å²) in [5.74, 6) is 0.938. The Bertz CT molecular complexity index is 739. The van der Waals surface area contributed by atoms with Gasteiger partial charge in [-0.3, -0.25) is 0 Å². The summed E-state index contributed by atoms with van der Waals surface area (Å²) in [4.78, 5) is 10.2. The van der Waals surface area contributed by atoms with Crippen LogP contribution in [0.2, 0.25) is 0 Å². The van der Waals surface area contributed by atoms with E-state index in [4.69, 9.17) is 5.73 Å². The number of benzene rings is 1. The first kappa shape index (κ1) is 20.9. The summed E-state index contributed by atoms with van der Waals surface area (Å²) in [6, 6.07) is 6.22. The molecule has 0 amide bonds. The third-order valence-electron chi connectivity index (χ3n) is 3.96. The third kappa shape index (κ3) is 4.70. The minimum Gasteiger partial charge on any atom is -0.378 e. The second kappa shape index (κ2) is 9.37. The van der Waals surface area contributed by atoms with Crippen molar-refractivity contribution in [3.63, 3.8) is 0 Å². The Hall–Kier alpha value is -1.14. The van der Waals surface area contributed by atoms with E-state index in [1.807, 2.05) is 6.07 Å². The molecule has 1 aromatic heterocycles. The predicted molar refractivity (Wildman–Crippen MR) is 112 cm³/mol. The van der Waals surface area contributed by atoms with Gasteiger partial charge in [-0.05, 0) is 43.0 Å². The molecule has 0 atom stereocenters. The van der Waals surface area contributed by atoms with Gasteiger partial charge in [0.05, 0.1) is 5.69 Å². The molecule has 0 saturated heterocycles. The van der Waals surface area contributed by atoms with Gasteiger partial charge in [0, 0.05) is 35.8 Å². The molecule has 2 heterocycles. The summed E-state index contributed by atoms with van der Waals surface area (Å²) in [6.07, 6.45) is 5.52. The Morgan fingerprint density at radius 1 is 1.38 bits per heavy atom. The van der Waals surface area contributed by atoms with Crippen LogP contribution in [0.3, 0.4) is 0 Å². The van der Waals surface area contributed by atoms with E-state index in [2.05, 4.69) is 53.3 Å². The van der Waals surface area contributed by atoms with Crippen molar-refractivity contribution >= 4 is 63.9 Å². The highest BCUT2D eigenvalue weighted by atomic mass is 35.5. The number of rotatable bonds is 3. The number of thioether (sulfide) groups is 1. The fourth-order valence-electron chi connectivity index (χ4n) is 2.77. The molecule has 3 rings (SSSR count). The molecule has 0 unspecified atom stereocenters. The fraction of sp³-hybridized carbons (Fsp3) is 0.353. The second-order valence-corrected chi connectivity index (χ2v) is 6.84. The number of aromatic amines is 1. The number of hydrogen-bond acceptors (Lipinski definition) is 3. The second-order valence-electron chi connectivity index (χ2n) is 5.56. The number of nitrogens with zero attached hydrogens (tertiary/aromatic N) is 2. The predicted octanol–water partition coefficient (Wildman–Crippen LogP) is 4.43. The molecule has 0 spiro atoms. The molecule has 0 radical (unpaired) electrons. The molecular formula is C17H24Cl2N4S. The zero-order chi connectivity index (χ0) is 15.5. The van der Waals surface area contributed by atoms with Crippen molar-refractivity contribution in [3.8, 4) is 0 Å². The average molecular weight is 387 g/mol. The van der Waals surface area contributed by atoms with Crippen LogP contribution in [0.1, 0.15) is 18.9 Å². The van der Waals surface area contributed by atoms with Crippen molar-refractivity contribution in [2.75, 3.05) is 25.9 Å². The average Bonchev–Trinajstić information content (AvgIpc) is 2.91. The first-order valence-corrected chi connectivity index (χ1v) is 8.62. The number of H-pyrrole nitrogens is 1. The van der Waals surface area contributed by atoms with E-state index in [1.54, 1.807) is 11.8 Å². The van der Waals surface area contributed by atoms with Crippen molar-refractivity contribution in [2.24, 2.45) is 10.7 Å². The lowest BCUT2D eigenvalue weighted by atomic mass is 9.99. The largest absolute Gasteiger partial charge is 0.378 e. The van der Waals surface area contributed by atoms with Crippen LogP contribution < -0.4 is 5.73 Å². The zero-order valence-corrected chi connectivity index (χ0v) is 16.4. The highest BCUT2D eigenvalue weighted by Gasteiger charge is 2.13. The van der Waals surface area contributed by atoms with Crippen molar-refractivity contribution < 1.29 is 0 Å². The highest BCUT2D eigenvalue weighted by Crippen LogP contribution is 2.31.